The molecule has 4 heteroatoms. The van der Waals surface area contributed by atoms with Gasteiger partial charge in [-0.2, -0.15) is 0 Å². The molecule has 21 heavy (non-hydrogen) atoms. The number of nitrogens with zero attached hydrogens (tertiary/aromatic N) is 1. The third kappa shape index (κ3) is 2.71. The summed E-state index contributed by atoms with van der Waals surface area (Å²) in [6.45, 7) is 1.80. The van der Waals surface area contributed by atoms with Gasteiger partial charge in [0.1, 0.15) is 17.3 Å². The van der Waals surface area contributed by atoms with Crippen molar-refractivity contribution in [2.75, 3.05) is 0 Å². The van der Waals surface area contributed by atoms with E-state index in [0.29, 0.717) is 17.1 Å². The van der Waals surface area contributed by atoms with Crippen molar-refractivity contribution >= 4 is 10.9 Å². The van der Waals surface area contributed by atoms with Crippen LogP contribution in [0, 0.1) is 5.82 Å². The number of hydrogen-bond acceptors (Lipinski definition) is 3. The minimum atomic E-state index is -0.325. The molecule has 0 fully saturated rings. The zero-order valence-electron chi connectivity index (χ0n) is 11.6. The molecular weight excluding hydrogens is 267 g/mol. The van der Waals surface area contributed by atoms with Gasteiger partial charge in [-0.15, -0.1) is 0 Å². The molecule has 0 radical (unpaired) electrons. The lowest BCUT2D eigenvalue weighted by atomic mass is 10.1. The van der Waals surface area contributed by atoms with Crippen LogP contribution >= 0.6 is 0 Å². The third-order valence-corrected chi connectivity index (χ3v) is 3.29. The van der Waals surface area contributed by atoms with E-state index in [2.05, 4.69) is 4.98 Å². The maximum Gasteiger partial charge on any atom is 0.136 e. The maximum absolute atomic E-state index is 13.4. The van der Waals surface area contributed by atoms with E-state index in [1.807, 2.05) is 30.3 Å². The van der Waals surface area contributed by atoms with E-state index in [1.165, 1.54) is 12.1 Å². The van der Waals surface area contributed by atoms with Crippen LogP contribution in [0.2, 0.25) is 0 Å². The van der Waals surface area contributed by atoms with Gasteiger partial charge in [0.2, 0.25) is 0 Å². The fourth-order valence-corrected chi connectivity index (χ4v) is 2.25. The predicted molar refractivity (Wildman–Crippen MR) is 80.8 cm³/mol. The van der Waals surface area contributed by atoms with Crippen LogP contribution in [0.1, 0.15) is 18.5 Å². The first-order valence-electron chi connectivity index (χ1n) is 6.72. The lowest BCUT2D eigenvalue weighted by Gasteiger charge is -2.15. The third-order valence-electron chi connectivity index (χ3n) is 3.29. The summed E-state index contributed by atoms with van der Waals surface area (Å²) in [6.07, 6.45) is 1.73. The van der Waals surface area contributed by atoms with Crippen LogP contribution in [0.3, 0.4) is 0 Å². The van der Waals surface area contributed by atoms with Crippen LogP contribution in [-0.2, 0) is 0 Å². The highest BCUT2D eigenvalue weighted by Gasteiger charge is 2.12. The normalized spacial score (nSPS) is 12.3. The number of nitrogens with two attached hydrogens (primary N) is 1. The van der Waals surface area contributed by atoms with Crippen molar-refractivity contribution in [2.45, 2.75) is 13.0 Å². The minimum Gasteiger partial charge on any atom is -0.456 e. The highest BCUT2D eigenvalue weighted by atomic mass is 19.1. The second-order valence-corrected chi connectivity index (χ2v) is 4.90. The molecule has 0 unspecified atom stereocenters. The van der Waals surface area contributed by atoms with Gasteiger partial charge in [0.25, 0.3) is 0 Å². The number of ether oxygens (including phenoxy) is 1. The van der Waals surface area contributed by atoms with Gasteiger partial charge in [-0.1, -0.05) is 6.07 Å². The van der Waals surface area contributed by atoms with E-state index in [1.54, 1.807) is 19.2 Å². The van der Waals surface area contributed by atoms with E-state index < -0.39 is 0 Å². The molecule has 2 N–H and O–H groups in total. The van der Waals surface area contributed by atoms with Crippen LogP contribution in [0.15, 0.2) is 54.7 Å². The number of hydrogen-bond donors (Lipinski definition) is 1. The van der Waals surface area contributed by atoms with Crippen molar-refractivity contribution in [3.05, 3.63) is 66.1 Å². The van der Waals surface area contributed by atoms with Gasteiger partial charge < -0.3 is 10.5 Å². The number of benzene rings is 2. The standard InChI is InChI=1S/C17H15FN2O/c1-11(19)14-10-12(18)7-8-17(14)21-16-6-2-5-15-13(16)4-3-9-20-15/h2-11H,19H2,1H3/t11-/m0/s1. The van der Waals surface area contributed by atoms with Gasteiger partial charge in [-0.3, -0.25) is 4.98 Å². The quantitative estimate of drug-likeness (QED) is 0.783. The molecule has 0 spiro atoms. The zero-order valence-corrected chi connectivity index (χ0v) is 11.6. The maximum atomic E-state index is 13.4. The first kappa shape index (κ1) is 13.5. The average Bonchev–Trinajstić information content (AvgIpc) is 2.49. The van der Waals surface area contributed by atoms with Gasteiger partial charge in [-0.05, 0) is 49.4 Å². The number of rotatable bonds is 3. The first-order chi connectivity index (χ1) is 10.1. The van der Waals surface area contributed by atoms with Crippen LogP contribution in [-0.4, -0.2) is 4.98 Å². The van der Waals surface area contributed by atoms with Gasteiger partial charge >= 0.3 is 0 Å². The summed E-state index contributed by atoms with van der Waals surface area (Å²) in [5, 5.41) is 0.903. The van der Waals surface area contributed by atoms with E-state index in [4.69, 9.17) is 10.5 Å². The Morgan fingerprint density at radius 3 is 2.76 bits per heavy atom. The molecule has 1 heterocycles. The molecule has 0 saturated heterocycles. The monoisotopic (exact) mass is 282 g/mol. The molecule has 3 rings (SSSR count). The van der Waals surface area contributed by atoms with E-state index >= 15 is 0 Å². The molecule has 2 aromatic carbocycles. The van der Waals surface area contributed by atoms with E-state index in [-0.39, 0.29) is 11.9 Å². The summed E-state index contributed by atoms with van der Waals surface area (Å²) < 4.78 is 19.3. The second kappa shape index (κ2) is 5.50. The first-order valence-corrected chi connectivity index (χ1v) is 6.72. The summed E-state index contributed by atoms with van der Waals surface area (Å²) in [5.41, 5.74) is 7.37. The van der Waals surface area contributed by atoms with Crippen molar-refractivity contribution in [3.63, 3.8) is 0 Å². The number of fused-ring (bicyclic) bond motifs is 1. The molecule has 1 atom stereocenters. The lowest BCUT2D eigenvalue weighted by molar-refractivity contribution is 0.474. The summed E-state index contributed by atoms with van der Waals surface area (Å²) in [7, 11) is 0. The Labute approximate surface area is 122 Å². The average molecular weight is 282 g/mol. The molecule has 0 amide bonds. The van der Waals surface area contributed by atoms with E-state index in [0.717, 1.165) is 10.9 Å². The van der Waals surface area contributed by atoms with Crippen molar-refractivity contribution in [3.8, 4) is 11.5 Å². The van der Waals surface area contributed by atoms with E-state index in [9.17, 15) is 4.39 Å². The van der Waals surface area contributed by atoms with Crippen LogP contribution < -0.4 is 10.5 Å². The molecule has 0 aliphatic rings. The summed E-state index contributed by atoms with van der Waals surface area (Å²) in [4.78, 5) is 4.29. The van der Waals surface area contributed by atoms with Crippen molar-refractivity contribution in [1.82, 2.24) is 4.98 Å². The summed E-state index contributed by atoms with van der Waals surface area (Å²) in [5.74, 6) is 0.908. The summed E-state index contributed by atoms with van der Waals surface area (Å²) >= 11 is 0. The largest absolute Gasteiger partial charge is 0.456 e. The Hall–Kier alpha value is -2.46. The van der Waals surface area contributed by atoms with Crippen LogP contribution in [0.4, 0.5) is 4.39 Å². The minimum absolute atomic E-state index is 0.316. The predicted octanol–water partition coefficient (Wildman–Crippen LogP) is 4.19. The fraction of sp³-hybridized carbons (Fsp3) is 0.118. The van der Waals surface area contributed by atoms with Crippen molar-refractivity contribution in [1.29, 1.82) is 0 Å². The molecule has 1 aromatic heterocycles. The molecule has 0 bridgehead atoms. The van der Waals surface area contributed by atoms with Crippen LogP contribution in [0.25, 0.3) is 10.9 Å². The van der Waals surface area contributed by atoms with Crippen molar-refractivity contribution < 1.29 is 9.13 Å². The number of aromatic nitrogens is 1. The van der Waals surface area contributed by atoms with Gasteiger partial charge in [-0.25, -0.2) is 4.39 Å². The topological polar surface area (TPSA) is 48.1 Å². The lowest BCUT2D eigenvalue weighted by Crippen LogP contribution is -2.07. The molecule has 106 valence electrons. The van der Waals surface area contributed by atoms with Gasteiger partial charge in [0.05, 0.1) is 5.52 Å². The molecular formula is C17H15FN2O. The second-order valence-electron chi connectivity index (χ2n) is 4.90. The molecule has 0 aliphatic carbocycles. The smallest absolute Gasteiger partial charge is 0.136 e. The summed E-state index contributed by atoms with van der Waals surface area (Å²) in [6, 6.07) is 13.5. The molecule has 3 nitrogen and oxygen atoms in total. The SMILES string of the molecule is C[C@H](N)c1cc(F)ccc1Oc1cccc2ncccc12. The van der Waals surface area contributed by atoms with Gasteiger partial charge in [0, 0.05) is 23.2 Å². The molecule has 0 saturated carbocycles. The number of halogens is 1. The highest BCUT2D eigenvalue weighted by Crippen LogP contribution is 2.33. The Balaban J connectivity index is 2.07. The fourth-order valence-electron chi connectivity index (χ4n) is 2.25. The van der Waals surface area contributed by atoms with Crippen LogP contribution in [0.5, 0.6) is 11.5 Å². The number of pyridine rings is 1. The highest BCUT2D eigenvalue weighted by molar-refractivity contribution is 5.85. The van der Waals surface area contributed by atoms with Gasteiger partial charge in [0.15, 0.2) is 0 Å². The Kier molecular flexibility index (Phi) is 3.54. The zero-order chi connectivity index (χ0) is 14.8. The molecule has 3 aromatic rings. The van der Waals surface area contributed by atoms with Crippen molar-refractivity contribution in [2.24, 2.45) is 5.73 Å². The Morgan fingerprint density at radius 2 is 1.95 bits per heavy atom. The molecule has 0 aliphatic heterocycles. The Bertz CT molecular complexity index is 781. The Morgan fingerprint density at radius 1 is 1.10 bits per heavy atom.